The van der Waals surface area contributed by atoms with Crippen molar-refractivity contribution < 1.29 is 42.1 Å². The Morgan fingerprint density at radius 1 is 0.667 bits per heavy atom. The van der Waals surface area contributed by atoms with E-state index in [1.165, 1.54) is 42.5 Å². The fraction of sp³-hybridized carbons (Fsp3) is 0.136. The fourth-order valence-corrected chi connectivity index (χ4v) is 7.30. The molecular weight excluding hydrogens is 736 g/mol. The highest BCUT2D eigenvalue weighted by Crippen LogP contribution is 2.44. The van der Waals surface area contributed by atoms with Crippen LogP contribution < -0.4 is 32.0 Å². The second-order valence-electron chi connectivity index (χ2n) is 13.5. The number of hydrogen-bond acceptors (Lipinski definition) is 13. The quantitative estimate of drug-likeness (QED) is 0.140. The minimum Gasteiger partial charge on any atom is -0.508 e. The highest BCUT2D eigenvalue weighted by molar-refractivity contribution is 5.87. The van der Waals surface area contributed by atoms with Gasteiger partial charge in [-0.05, 0) is 90.2 Å². The van der Waals surface area contributed by atoms with Crippen molar-refractivity contribution >= 4 is 32.9 Å². The predicted molar refractivity (Wildman–Crippen MR) is 206 cm³/mol. The lowest BCUT2D eigenvalue weighted by atomic mass is 9.95. The summed E-state index contributed by atoms with van der Waals surface area (Å²) in [6.45, 7) is 2.07. The highest BCUT2D eigenvalue weighted by atomic mass is 16.7. The molecule has 0 saturated heterocycles. The summed E-state index contributed by atoms with van der Waals surface area (Å²) in [5.74, 6) is 0.771. The van der Waals surface area contributed by atoms with Gasteiger partial charge in [-0.3, -0.25) is 0 Å². The Labute approximate surface area is 320 Å². The number of phenols is 2. The molecule has 1 unspecified atom stereocenters. The summed E-state index contributed by atoms with van der Waals surface area (Å²) in [6, 6.07) is 25.1. The molecule has 2 N–H and O–H groups in total. The van der Waals surface area contributed by atoms with Crippen molar-refractivity contribution in [2.24, 2.45) is 0 Å². The molecule has 1 aliphatic rings. The van der Waals surface area contributed by atoms with Gasteiger partial charge < -0.3 is 42.1 Å². The lowest BCUT2D eigenvalue weighted by Gasteiger charge is -2.28. The minimum atomic E-state index is -1.16. The molecule has 4 aromatic heterocycles. The van der Waals surface area contributed by atoms with Crippen LogP contribution in [-0.2, 0) is 24.2 Å². The monoisotopic (exact) mass is 766 g/mol. The van der Waals surface area contributed by atoms with Crippen LogP contribution in [0.5, 0.6) is 23.0 Å². The summed E-state index contributed by atoms with van der Waals surface area (Å²) in [7, 11) is 0. The standard InChI is InChI=1S/C44H30O13/c1-2-51-35-7-4-8-36-40(35)26(19-38(48)54-36)21-52-44-31-16-25(15-24-18-39(49)56-42-28(24)5-3-6-32(42)46)43(50)57-41(31)30-14-22(9-11-34(30)55-44)13-23-17-37(47)53-33-12-10-27(45)20-29(23)33/h3-12,14,16-20,44-46H,2,13,15,21H2,1H3. The van der Waals surface area contributed by atoms with E-state index in [0.717, 1.165) is 5.56 Å². The third-order valence-corrected chi connectivity index (χ3v) is 9.75. The molecule has 13 nitrogen and oxygen atoms in total. The number of hydrogen-bond donors (Lipinski definition) is 2. The molecule has 9 rings (SSSR count). The Hall–Kier alpha value is -7.38. The van der Waals surface area contributed by atoms with Gasteiger partial charge in [0.15, 0.2) is 17.1 Å². The average Bonchev–Trinajstić information content (AvgIpc) is 3.18. The van der Waals surface area contributed by atoms with Gasteiger partial charge in [0.25, 0.3) is 0 Å². The highest BCUT2D eigenvalue weighted by Gasteiger charge is 2.32. The lowest BCUT2D eigenvalue weighted by molar-refractivity contribution is -0.0952. The molecule has 1 aliphatic heterocycles. The number of phenolic OH excluding ortho intramolecular Hbond substituents is 2. The predicted octanol–water partition coefficient (Wildman–Crippen LogP) is 7.23. The molecule has 13 heteroatoms. The Morgan fingerprint density at radius 3 is 2.25 bits per heavy atom. The Kier molecular flexibility index (Phi) is 8.70. The zero-order valence-corrected chi connectivity index (χ0v) is 30.0. The molecular formula is C44H30O13. The first-order chi connectivity index (χ1) is 27.6. The number of aromatic hydroxyl groups is 2. The molecule has 5 heterocycles. The van der Waals surface area contributed by atoms with Crippen molar-refractivity contribution in [3.63, 3.8) is 0 Å². The van der Waals surface area contributed by atoms with Crippen LogP contribution in [0.1, 0.15) is 46.6 Å². The maximum atomic E-state index is 13.8. The SMILES string of the molecule is CCOc1cccc2oc(=O)cc(COC3Oc4ccc(Cc5cc(=O)oc6ccc(O)cc56)cc4-c4oc(=O)c(Cc5cc(=O)oc6c(O)cccc56)cc43)c12. The van der Waals surface area contributed by atoms with E-state index in [1.807, 2.05) is 6.92 Å². The van der Waals surface area contributed by atoms with Crippen LogP contribution in [-0.4, -0.2) is 16.8 Å². The summed E-state index contributed by atoms with van der Waals surface area (Å²) in [4.78, 5) is 51.4. The smallest absolute Gasteiger partial charge is 0.339 e. The van der Waals surface area contributed by atoms with Crippen LogP contribution in [0, 0.1) is 0 Å². The van der Waals surface area contributed by atoms with Crippen molar-refractivity contribution in [1.29, 1.82) is 0 Å². The minimum absolute atomic E-state index is 0.00800. The van der Waals surface area contributed by atoms with Gasteiger partial charge in [0.05, 0.1) is 29.7 Å². The van der Waals surface area contributed by atoms with E-state index in [1.54, 1.807) is 54.6 Å². The van der Waals surface area contributed by atoms with Gasteiger partial charge in [-0.25, -0.2) is 19.2 Å². The fourth-order valence-electron chi connectivity index (χ4n) is 7.30. The number of rotatable bonds is 9. The van der Waals surface area contributed by atoms with Crippen molar-refractivity contribution in [1.82, 2.24) is 0 Å². The molecule has 0 bridgehead atoms. The van der Waals surface area contributed by atoms with Gasteiger partial charge in [-0.15, -0.1) is 0 Å². The van der Waals surface area contributed by atoms with Gasteiger partial charge in [0, 0.05) is 41.0 Å². The topological polar surface area (TPSA) is 189 Å². The van der Waals surface area contributed by atoms with Crippen LogP contribution in [0.2, 0.25) is 0 Å². The van der Waals surface area contributed by atoms with Crippen LogP contribution >= 0.6 is 0 Å². The lowest BCUT2D eigenvalue weighted by Crippen LogP contribution is -2.21. The molecule has 57 heavy (non-hydrogen) atoms. The summed E-state index contributed by atoms with van der Waals surface area (Å²) < 4.78 is 40.8. The van der Waals surface area contributed by atoms with Crippen molar-refractivity contribution in [3.05, 3.63) is 172 Å². The second kappa shape index (κ2) is 14.0. The summed E-state index contributed by atoms with van der Waals surface area (Å²) in [5, 5.41) is 22.1. The van der Waals surface area contributed by atoms with E-state index >= 15 is 0 Å². The van der Waals surface area contributed by atoms with Gasteiger partial charge >= 0.3 is 22.5 Å². The molecule has 0 fully saturated rings. The molecule has 0 spiro atoms. The maximum Gasteiger partial charge on any atom is 0.339 e. The molecule has 0 radical (unpaired) electrons. The third-order valence-electron chi connectivity index (χ3n) is 9.75. The number of ether oxygens (including phenoxy) is 3. The molecule has 284 valence electrons. The Bertz CT molecular complexity index is 3150. The van der Waals surface area contributed by atoms with E-state index < -0.39 is 28.8 Å². The van der Waals surface area contributed by atoms with E-state index in [4.69, 9.17) is 31.9 Å². The largest absolute Gasteiger partial charge is 0.508 e. The summed E-state index contributed by atoms with van der Waals surface area (Å²) in [5.41, 5.74) is 1.22. The number of benzene rings is 4. The van der Waals surface area contributed by atoms with E-state index in [-0.39, 0.29) is 47.9 Å². The van der Waals surface area contributed by atoms with Crippen molar-refractivity contribution in [2.75, 3.05) is 6.61 Å². The van der Waals surface area contributed by atoms with Gasteiger partial charge in [-0.1, -0.05) is 24.3 Å². The summed E-state index contributed by atoms with van der Waals surface area (Å²) in [6.07, 6.45) is -0.978. The second-order valence-corrected chi connectivity index (χ2v) is 13.5. The van der Waals surface area contributed by atoms with Crippen LogP contribution in [0.25, 0.3) is 44.2 Å². The summed E-state index contributed by atoms with van der Waals surface area (Å²) >= 11 is 0. The first-order valence-electron chi connectivity index (χ1n) is 17.9. The van der Waals surface area contributed by atoms with Crippen molar-refractivity contribution in [3.8, 4) is 34.3 Å². The van der Waals surface area contributed by atoms with Crippen LogP contribution in [0.3, 0.4) is 0 Å². The van der Waals surface area contributed by atoms with Crippen LogP contribution in [0.15, 0.2) is 134 Å². The van der Waals surface area contributed by atoms with Gasteiger partial charge in [-0.2, -0.15) is 0 Å². The molecule has 1 atom stereocenters. The van der Waals surface area contributed by atoms with Crippen molar-refractivity contribution in [2.45, 2.75) is 32.7 Å². The number of fused-ring (bicyclic) bond motifs is 6. The van der Waals surface area contributed by atoms with Crippen LogP contribution in [0.4, 0.5) is 0 Å². The first kappa shape index (κ1) is 35.3. The Balaban J connectivity index is 1.15. The van der Waals surface area contributed by atoms with E-state index in [0.29, 0.717) is 73.2 Å². The molecule has 0 amide bonds. The zero-order chi connectivity index (χ0) is 39.4. The molecule has 0 saturated carbocycles. The van der Waals surface area contributed by atoms with E-state index in [2.05, 4.69) is 0 Å². The molecule has 8 aromatic rings. The maximum absolute atomic E-state index is 13.8. The van der Waals surface area contributed by atoms with E-state index in [9.17, 15) is 29.4 Å². The number of para-hydroxylation sites is 1. The zero-order valence-electron chi connectivity index (χ0n) is 30.0. The normalized spacial score (nSPS) is 13.4. The average molecular weight is 767 g/mol. The third kappa shape index (κ3) is 6.59. The molecule has 0 aliphatic carbocycles. The van der Waals surface area contributed by atoms with Gasteiger partial charge in [0.2, 0.25) is 6.29 Å². The van der Waals surface area contributed by atoms with Gasteiger partial charge in [0.1, 0.15) is 28.4 Å². The molecule has 4 aromatic carbocycles. The Morgan fingerprint density at radius 2 is 1.42 bits per heavy atom. The first-order valence-corrected chi connectivity index (χ1v) is 17.9.